The Kier molecular flexibility index (Phi) is 8.07. The van der Waals surface area contributed by atoms with Gasteiger partial charge in [0.25, 0.3) is 0 Å². The molecule has 2 amide bonds. The molecule has 2 aromatic rings. The second-order valence-electron chi connectivity index (χ2n) is 7.79. The van der Waals surface area contributed by atoms with E-state index in [0.717, 1.165) is 11.1 Å². The average molecular weight is 399 g/mol. The van der Waals surface area contributed by atoms with Crippen LogP contribution in [0, 0.1) is 5.41 Å². The standard InChI is InChI=1S/C23H30N2O4/c1-23(2,3)22(27)24-13-12-21(26)25-15-18-10-11-19(20(14-18)28-4)29-16-17-8-6-5-7-9-17/h5-11,14H,12-13,15-16H2,1-4H3,(H,24,27)(H,25,26). The SMILES string of the molecule is COc1cc(CNC(=O)CCNC(=O)C(C)(C)C)ccc1OCc1ccccc1. The summed E-state index contributed by atoms with van der Waals surface area (Å²) in [6, 6.07) is 15.5. The molecule has 0 aromatic heterocycles. The third kappa shape index (κ3) is 7.49. The van der Waals surface area contributed by atoms with E-state index in [1.54, 1.807) is 7.11 Å². The smallest absolute Gasteiger partial charge is 0.225 e. The number of ether oxygens (including phenoxy) is 2. The first-order valence-corrected chi connectivity index (χ1v) is 9.68. The molecule has 0 radical (unpaired) electrons. The second kappa shape index (κ2) is 10.5. The van der Waals surface area contributed by atoms with Crippen molar-refractivity contribution in [2.45, 2.75) is 40.3 Å². The van der Waals surface area contributed by atoms with Gasteiger partial charge < -0.3 is 20.1 Å². The van der Waals surface area contributed by atoms with Crippen molar-refractivity contribution in [3.63, 3.8) is 0 Å². The summed E-state index contributed by atoms with van der Waals surface area (Å²) in [4.78, 5) is 23.8. The summed E-state index contributed by atoms with van der Waals surface area (Å²) in [6.45, 7) is 6.65. The summed E-state index contributed by atoms with van der Waals surface area (Å²) >= 11 is 0. The highest BCUT2D eigenvalue weighted by molar-refractivity contribution is 5.82. The molecule has 0 fully saturated rings. The Morgan fingerprint density at radius 1 is 0.931 bits per heavy atom. The average Bonchev–Trinajstić information content (AvgIpc) is 2.71. The van der Waals surface area contributed by atoms with Crippen LogP contribution in [0.5, 0.6) is 11.5 Å². The molecule has 2 aromatic carbocycles. The molecule has 6 nitrogen and oxygen atoms in total. The lowest BCUT2D eigenvalue weighted by molar-refractivity contribution is -0.128. The van der Waals surface area contributed by atoms with Crippen LogP contribution in [0.15, 0.2) is 48.5 Å². The van der Waals surface area contributed by atoms with Gasteiger partial charge in [-0.1, -0.05) is 57.2 Å². The number of carbonyl (C=O) groups excluding carboxylic acids is 2. The van der Waals surface area contributed by atoms with Gasteiger partial charge in [0.05, 0.1) is 7.11 Å². The van der Waals surface area contributed by atoms with Gasteiger partial charge in [-0.25, -0.2) is 0 Å². The molecule has 156 valence electrons. The third-order valence-corrected chi connectivity index (χ3v) is 4.27. The fraction of sp³-hybridized carbons (Fsp3) is 0.391. The molecule has 2 N–H and O–H groups in total. The summed E-state index contributed by atoms with van der Waals surface area (Å²) in [5.41, 5.74) is 1.52. The third-order valence-electron chi connectivity index (χ3n) is 4.27. The maximum atomic E-state index is 12.0. The molecular formula is C23H30N2O4. The lowest BCUT2D eigenvalue weighted by Crippen LogP contribution is -2.37. The van der Waals surface area contributed by atoms with Gasteiger partial charge in [-0.3, -0.25) is 9.59 Å². The number of rotatable bonds is 9. The number of nitrogens with one attached hydrogen (secondary N) is 2. The summed E-state index contributed by atoms with van der Waals surface area (Å²) in [5, 5.41) is 5.62. The van der Waals surface area contributed by atoms with E-state index in [1.165, 1.54) is 0 Å². The van der Waals surface area contributed by atoms with Gasteiger partial charge in [-0.2, -0.15) is 0 Å². The van der Waals surface area contributed by atoms with E-state index in [9.17, 15) is 9.59 Å². The summed E-state index contributed by atoms with van der Waals surface area (Å²) in [5.74, 6) is 1.07. The zero-order chi connectivity index (χ0) is 21.3. The topological polar surface area (TPSA) is 76.7 Å². The maximum absolute atomic E-state index is 12.0. The number of hydrogen-bond donors (Lipinski definition) is 2. The van der Waals surface area contributed by atoms with Gasteiger partial charge in [-0.05, 0) is 23.3 Å². The molecule has 0 saturated heterocycles. The van der Waals surface area contributed by atoms with E-state index in [-0.39, 0.29) is 18.2 Å². The minimum Gasteiger partial charge on any atom is -0.493 e. The molecule has 0 heterocycles. The van der Waals surface area contributed by atoms with Gasteiger partial charge in [0.2, 0.25) is 11.8 Å². The van der Waals surface area contributed by atoms with Crippen molar-refractivity contribution in [2.75, 3.05) is 13.7 Å². The van der Waals surface area contributed by atoms with Crippen LogP contribution in [0.2, 0.25) is 0 Å². The minimum absolute atomic E-state index is 0.0684. The Hall–Kier alpha value is -3.02. The Morgan fingerprint density at radius 2 is 1.66 bits per heavy atom. The van der Waals surface area contributed by atoms with E-state index in [1.807, 2.05) is 69.3 Å². The van der Waals surface area contributed by atoms with Crippen molar-refractivity contribution in [3.05, 3.63) is 59.7 Å². The highest BCUT2D eigenvalue weighted by Gasteiger charge is 2.20. The molecule has 2 rings (SSSR count). The fourth-order valence-electron chi connectivity index (χ4n) is 2.52. The Labute approximate surface area is 172 Å². The minimum atomic E-state index is -0.461. The van der Waals surface area contributed by atoms with Crippen LogP contribution in [-0.2, 0) is 22.7 Å². The maximum Gasteiger partial charge on any atom is 0.225 e. The highest BCUT2D eigenvalue weighted by Crippen LogP contribution is 2.28. The van der Waals surface area contributed by atoms with Gasteiger partial charge in [0.15, 0.2) is 11.5 Å². The van der Waals surface area contributed by atoms with Crippen molar-refractivity contribution >= 4 is 11.8 Å². The molecular weight excluding hydrogens is 368 g/mol. The Balaban J connectivity index is 1.82. The number of methoxy groups -OCH3 is 1. The first kappa shape index (κ1) is 22.3. The van der Waals surface area contributed by atoms with Crippen LogP contribution in [0.4, 0.5) is 0 Å². The van der Waals surface area contributed by atoms with Crippen molar-refractivity contribution < 1.29 is 19.1 Å². The predicted molar refractivity (Wildman–Crippen MR) is 113 cm³/mol. The van der Waals surface area contributed by atoms with Gasteiger partial charge in [-0.15, -0.1) is 0 Å². The van der Waals surface area contributed by atoms with Crippen molar-refractivity contribution in [1.29, 1.82) is 0 Å². The first-order chi connectivity index (χ1) is 13.8. The second-order valence-corrected chi connectivity index (χ2v) is 7.79. The normalized spacial score (nSPS) is 10.9. The summed E-state index contributed by atoms with van der Waals surface area (Å²) in [6.07, 6.45) is 0.233. The van der Waals surface area contributed by atoms with Crippen LogP contribution < -0.4 is 20.1 Å². The predicted octanol–water partition coefficient (Wildman–Crippen LogP) is 3.44. The van der Waals surface area contributed by atoms with E-state index >= 15 is 0 Å². The van der Waals surface area contributed by atoms with Crippen molar-refractivity contribution in [2.24, 2.45) is 5.41 Å². The molecule has 0 aliphatic carbocycles. The first-order valence-electron chi connectivity index (χ1n) is 9.68. The van der Waals surface area contributed by atoms with Gasteiger partial charge in [0, 0.05) is 24.9 Å². The molecule has 0 saturated carbocycles. The van der Waals surface area contributed by atoms with Crippen LogP contribution >= 0.6 is 0 Å². The largest absolute Gasteiger partial charge is 0.493 e. The number of amides is 2. The molecule has 0 bridgehead atoms. The van der Waals surface area contributed by atoms with Gasteiger partial charge >= 0.3 is 0 Å². The lowest BCUT2D eigenvalue weighted by atomic mass is 9.96. The number of benzene rings is 2. The number of hydrogen-bond acceptors (Lipinski definition) is 4. The molecule has 0 aliphatic rings. The van der Waals surface area contributed by atoms with Crippen LogP contribution in [0.1, 0.15) is 38.3 Å². The Bertz CT molecular complexity index is 813. The molecule has 29 heavy (non-hydrogen) atoms. The Morgan fingerprint density at radius 3 is 2.31 bits per heavy atom. The molecule has 0 spiro atoms. The van der Waals surface area contributed by atoms with E-state index in [4.69, 9.17) is 9.47 Å². The zero-order valence-electron chi connectivity index (χ0n) is 17.6. The summed E-state index contributed by atoms with van der Waals surface area (Å²) < 4.78 is 11.3. The lowest BCUT2D eigenvalue weighted by Gasteiger charge is -2.17. The fourth-order valence-corrected chi connectivity index (χ4v) is 2.52. The van der Waals surface area contributed by atoms with E-state index in [2.05, 4.69) is 10.6 Å². The van der Waals surface area contributed by atoms with Crippen LogP contribution in [-0.4, -0.2) is 25.5 Å². The van der Waals surface area contributed by atoms with Crippen molar-refractivity contribution in [3.8, 4) is 11.5 Å². The van der Waals surface area contributed by atoms with E-state index in [0.29, 0.717) is 31.2 Å². The van der Waals surface area contributed by atoms with Crippen molar-refractivity contribution in [1.82, 2.24) is 10.6 Å². The van der Waals surface area contributed by atoms with Crippen LogP contribution in [0.3, 0.4) is 0 Å². The molecule has 0 unspecified atom stereocenters. The quantitative estimate of drug-likeness (QED) is 0.678. The molecule has 0 aliphatic heterocycles. The molecule has 6 heteroatoms. The number of carbonyl (C=O) groups is 2. The van der Waals surface area contributed by atoms with Crippen LogP contribution in [0.25, 0.3) is 0 Å². The summed E-state index contributed by atoms with van der Waals surface area (Å²) in [7, 11) is 1.59. The van der Waals surface area contributed by atoms with Gasteiger partial charge in [0.1, 0.15) is 6.61 Å². The monoisotopic (exact) mass is 398 g/mol. The van der Waals surface area contributed by atoms with E-state index < -0.39 is 5.41 Å². The zero-order valence-corrected chi connectivity index (χ0v) is 17.6. The highest BCUT2D eigenvalue weighted by atomic mass is 16.5. The molecule has 0 atom stereocenters.